The highest BCUT2D eigenvalue weighted by Gasteiger charge is 2.16. The van der Waals surface area contributed by atoms with Gasteiger partial charge in [-0.3, -0.25) is 9.78 Å². The lowest BCUT2D eigenvalue weighted by atomic mass is 10.1. The summed E-state index contributed by atoms with van der Waals surface area (Å²) in [6.07, 6.45) is 5.13. The van der Waals surface area contributed by atoms with Crippen molar-refractivity contribution in [3.63, 3.8) is 0 Å². The van der Waals surface area contributed by atoms with E-state index in [1.807, 2.05) is 22.8 Å². The van der Waals surface area contributed by atoms with E-state index in [0.29, 0.717) is 23.5 Å². The van der Waals surface area contributed by atoms with Gasteiger partial charge in [0, 0.05) is 36.1 Å². The van der Waals surface area contributed by atoms with Gasteiger partial charge in [-0.05, 0) is 25.1 Å². The van der Waals surface area contributed by atoms with E-state index in [2.05, 4.69) is 9.97 Å². The number of aromatic nitrogens is 4. The van der Waals surface area contributed by atoms with Crippen LogP contribution in [0.4, 0.5) is 4.39 Å². The molecule has 0 N–H and O–H groups in total. The van der Waals surface area contributed by atoms with Crippen molar-refractivity contribution in [2.45, 2.75) is 13.5 Å². The van der Waals surface area contributed by atoms with Crippen LogP contribution in [0.25, 0.3) is 22.4 Å². The Labute approximate surface area is 149 Å². The summed E-state index contributed by atoms with van der Waals surface area (Å²) in [5.41, 5.74) is 3.55. The zero-order valence-electron chi connectivity index (χ0n) is 14.5. The standard InChI is InChI=1S/C20H17FN4O/c1-13-9-15(11-24(2)20(13)26)19-23-17-10-22-8-7-18(17)25(19)12-14-5-3-4-6-16(14)21/h3-11H,12H2,1-2H3. The van der Waals surface area contributed by atoms with Crippen LogP contribution in [0, 0.1) is 12.7 Å². The summed E-state index contributed by atoms with van der Waals surface area (Å²) in [7, 11) is 1.71. The van der Waals surface area contributed by atoms with Crippen LogP contribution in [0.2, 0.25) is 0 Å². The van der Waals surface area contributed by atoms with Gasteiger partial charge < -0.3 is 9.13 Å². The van der Waals surface area contributed by atoms with Crippen molar-refractivity contribution in [2.75, 3.05) is 0 Å². The predicted molar refractivity (Wildman–Crippen MR) is 98.4 cm³/mol. The fourth-order valence-corrected chi connectivity index (χ4v) is 3.16. The Morgan fingerprint density at radius 1 is 1.19 bits per heavy atom. The first-order valence-corrected chi connectivity index (χ1v) is 8.26. The van der Waals surface area contributed by atoms with Gasteiger partial charge in [-0.1, -0.05) is 18.2 Å². The fourth-order valence-electron chi connectivity index (χ4n) is 3.16. The number of hydrogen-bond acceptors (Lipinski definition) is 3. The maximum atomic E-state index is 14.2. The van der Waals surface area contributed by atoms with Crippen molar-refractivity contribution >= 4 is 11.0 Å². The first kappa shape index (κ1) is 16.2. The zero-order valence-corrected chi connectivity index (χ0v) is 14.5. The zero-order chi connectivity index (χ0) is 18.3. The van der Waals surface area contributed by atoms with Gasteiger partial charge in [0.2, 0.25) is 0 Å². The molecule has 0 aliphatic heterocycles. The Morgan fingerprint density at radius 3 is 2.77 bits per heavy atom. The van der Waals surface area contributed by atoms with Crippen LogP contribution in [-0.2, 0) is 13.6 Å². The van der Waals surface area contributed by atoms with Crippen molar-refractivity contribution in [2.24, 2.45) is 7.05 Å². The summed E-state index contributed by atoms with van der Waals surface area (Å²) in [6, 6.07) is 10.4. The topological polar surface area (TPSA) is 52.7 Å². The molecule has 0 atom stereocenters. The van der Waals surface area contributed by atoms with Crippen LogP contribution in [-0.4, -0.2) is 19.1 Å². The summed E-state index contributed by atoms with van der Waals surface area (Å²) in [4.78, 5) is 20.8. The van der Waals surface area contributed by atoms with Crippen molar-refractivity contribution in [3.05, 3.63) is 82.3 Å². The van der Waals surface area contributed by atoms with E-state index >= 15 is 0 Å². The van der Waals surface area contributed by atoms with Gasteiger partial charge in [0.1, 0.15) is 17.2 Å². The van der Waals surface area contributed by atoms with Crippen molar-refractivity contribution in [3.8, 4) is 11.4 Å². The fraction of sp³-hybridized carbons (Fsp3) is 0.150. The van der Waals surface area contributed by atoms with Gasteiger partial charge in [-0.2, -0.15) is 0 Å². The number of nitrogens with zero attached hydrogens (tertiary/aromatic N) is 4. The van der Waals surface area contributed by atoms with Crippen LogP contribution in [0.1, 0.15) is 11.1 Å². The molecule has 26 heavy (non-hydrogen) atoms. The monoisotopic (exact) mass is 348 g/mol. The third-order valence-corrected chi connectivity index (χ3v) is 4.46. The van der Waals surface area contributed by atoms with Gasteiger partial charge in [0.25, 0.3) is 5.56 Å². The van der Waals surface area contributed by atoms with E-state index in [1.165, 1.54) is 10.6 Å². The number of rotatable bonds is 3. The number of hydrogen-bond donors (Lipinski definition) is 0. The first-order valence-electron chi connectivity index (χ1n) is 8.26. The molecule has 3 heterocycles. The molecule has 0 spiro atoms. The quantitative estimate of drug-likeness (QED) is 0.571. The maximum absolute atomic E-state index is 14.2. The average molecular weight is 348 g/mol. The second-order valence-corrected chi connectivity index (χ2v) is 6.31. The highest BCUT2D eigenvalue weighted by molar-refractivity contribution is 5.79. The third-order valence-electron chi connectivity index (χ3n) is 4.46. The SMILES string of the molecule is Cc1cc(-c2nc3cnccc3n2Cc2ccccc2F)cn(C)c1=O. The minimum absolute atomic E-state index is 0.0489. The lowest BCUT2D eigenvalue weighted by Gasteiger charge is -2.11. The molecule has 0 aliphatic carbocycles. The lowest BCUT2D eigenvalue weighted by Crippen LogP contribution is -2.19. The maximum Gasteiger partial charge on any atom is 0.253 e. The predicted octanol–water partition coefficient (Wildman–Crippen LogP) is 3.29. The summed E-state index contributed by atoms with van der Waals surface area (Å²) in [5, 5.41) is 0. The number of imidazole rings is 1. The molecule has 0 bridgehead atoms. The normalized spacial score (nSPS) is 11.2. The molecule has 0 saturated heterocycles. The van der Waals surface area contributed by atoms with Crippen LogP contribution in [0.15, 0.2) is 59.8 Å². The van der Waals surface area contributed by atoms with Crippen molar-refractivity contribution in [1.82, 2.24) is 19.1 Å². The number of aryl methyl sites for hydroxylation is 2. The van der Waals surface area contributed by atoms with E-state index in [4.69, 9.17) is 0 Å². The van der Waals surface area contributed by atoms with Gasteiger partial charge in [0.15, 0.2) is 0 Å². The minimum atomic E-state index is -0.258. The largest absolute Gasteiger partial charge is 0.319 e. The molecule has 0 radical (unpaired) electrons. The molecule has 4 rings (SSSR count). The molecule has 1 aromatic carbocycles. The number of benzene rings is 1. The summed E-state index contributed by atoms with van der Waals surface area (Å²) in [6.45, 7) is 2.11. The smallest absolute Gasteiger partial charge is 0.253 e. The highest BCUT2D eigenvalue weighted by atomic mass is 19.1. The van der Waals surface area contributed by atoms with Gasteiger partial charge in [0.05, 0.1) is 18.3 Å². The molecule has 0 fully saturated rings. The van der Waals surface area contributed by atoms with Crippen LogP contribution in [0.3, 0.4) is 0 Å². The Balaban J connectivity index is 1.95. The van der Waals surface area contributed by atoms with E-state index in [-0.39, 0.29) is 11.4 Å². The summed E-state index contributed by atoms with van der Waals surface area (Å²) >= 11 is 0. The van der Waals surface area contributed by atoms with E-state index in [1.54, 1.807) is 44.7 Å². The number of halogens is 1. The van der Waals surface area contributed by atoms with Crippen molar-refractivity contribution in [1.29, 1.82) is 0 Å². The van der Waals surface area contributed by atoms with Crippen LogP contribution < -0.4 is 5.56 Å². The average Bonchev–Trinajstić information content (AvgIpc) is 3.00. The molecule has 0 amide bonds. The highest BCUT2D eigenvalue weighted by Crippen LogP contribution is 2.26. The second-order valence-electron chi connectivity index (χ2n) is 6.31. The second kappa shape index (κ2) is 6.22. The first-order chi connectivity index (χ1) is 12.5. The van der Waals surface area contributed by atoms with Gasteiger partial charge in [-0.15, -0.1) is 0 Å². The molecule has 5 nitrogen and oxygen atoms in total. The Hall–Kier alpha value is -3.28. The molecule has 6 heteroatoms. The molecular formula is C20H17FN4O. The molecule has 130 valence electrons. The summed E-state index contributed by atoms with van der Waals surface area (Å²) < 4.78 is 17.7. The Kier molecular flexibility index (Phi) is 3.88. The Bertz CT molecular complexity index is 1150. The molecular weight excluding hydrogens is 331 g/mol. The van der Waals surface area contributed by atoms with Gasteiger partial charge >= 0.3 is 0 Å². The number of pyridine rings is 2. The van der Waals surface area contributed by atoms with E-state index in [0.717, 1.165) is 16.6 Å². The third kappa shape index (κ3) is 2.69. The van der Waals surface area contributed by atoms with Crippen LogP contribution >= 0.6 is 0 Å². The minimum Gasteiger partial charge on any atom is -0.319 e. The molecule has 0 saturated carbocycles. The molecule has 0 unspecified atom stereocenters. The lowest BCUT2D eigenvalue weighted by molar-refractivity contribution is 0.602. The molecule has 4 aromatic rings. The van der Waals surface area contributed by atoms with Crippen LogP contribution in [0.5, 0.6) is 0 Å². The van der Waals surface area contributed by atoms with E-state index in [9.17, 15) is 9.18 Å². The molecule has 0 aliphatic rings. The number of fused-ring (bicyclic) bond motifs is 1. The Morgan fingerprint density at radius 2 is 2.00 bits per heavy atom. The van der Waals surface area contributed by atoms with Crippen molar-refractivity contribution < 1.29 is 4.39 Å². The van der Waals surface area contributed by atoms with Gasteiger partial charge in [-0.25, -0.2) is 9.37 Å². The van der Waals surface area contributed by atoms with E-state index < -0.39 is 0 Å². The summed E-state index contributed by atoms with van der Waals surface area (Å²) in [5.74, 6) is 0.418. The molecule has 3 aromatic heterocycles.